The summed E-state index contributed by atoms with van der Waals surface area (Å²) in [5.41, 5.74) is 7.85. The van der Waals surface area contributed by atoms with Gasteiger partial charge in [-0.15, -0.1) is 0 Å². The lowest BCUT2D eigenvalue weighted by Gasteiger charge is -2.20. The minimum Gasteiger partial charge on any atom is -0.409 e. The highest BCUT2D eigenvalue weighted by Crippen LogP contribution is 2.20. The van der Waals surface area contributed by atoms with Crippen molar-refractivity contribution in [3.8, 4) is 0 Å². The van der Waals surface area contributed by atoms with E-state index in [1.807, 2.05) is 24.1 Å². The molecule has 2 rings (SSSR count). The van der Waals surface area contributed by atoms with Crippen LogP contribution in [0.25, 0.3) is 0 Å². The summed E-state index contributed by atoms with van der Waals surface area (Å²) in [6.45, 7) is 0.508. The van der Waals surface area contributed by atoms with Gasteiger partial charge in [-0.2, -0.15) is 0 Å². The number of rotatable bonds is 4. The average Bonchev–Trinajstić information content (AvgIpc) is 2.50. The zero-order valence-corrected chi connectivity index (χ0v) is 12.2. The van der Waals surface area contributed by atoms with E-state index < -0.39 is 5.82 Å². The molecular weight excluding hydrogens is 293 g/mol. The summed E-state index contributed by atoms with van der Waals surface area (Å²) in [5, 5.41) is 11.8. The van der Waals surface area contributed by atoms with Gasteiger partial charge in [0.1, 0.15) is 5.82 Å². The lowest BCUT2D eigenvalue weighted by molar-refractivity contribution is 0.318. The molecule has 4 nitrogen and oxygen atoms in total. The Morgan fingerprint density at radius 3 is 2.76 bits per heavy atom. The van der Waals surface area contributed by atoms with Crippen LogP contribution < -0.4 is 10.6 Å². The highest BCUT2D eigenvalue weighted by atomic mass is 35.5. The normalized spacial score (nSPS) is 11.5. The summed E-state index contributed by atoms with van der Waals surface area (Å²) in [5.74, 6) is -0.393. The number of nitrogens with zero attached hydrogens (tertiary/aromatic N) is 2. The van der Waals surface area contributed by atoms with E-state index in [0.717, 1.165) is 11.3 Å². The minimum atomic E-state index is -0.437. The summed E-state index contributed by atoms with van der Waals surface area (Å²) in [4.78, 5) is 1.93. The molecule has 0 aliphatic rings. The molecule has 2 aromatic rings. The largest absolute Gasteiger partial charge is 0.409 e. The Morgan fingerprint density at radius 2 is 2.10 bits per heavy atom. The summed E-state index contributed by atoms with van der Waals surface area (Å²) in [7, 11) is 1.87. The van der Waals surface area contributed by atoms with Crippen molar-refractivity contribution < 1.29 is 9.60 Å². The Kier molecular flexibility index (Phi) is 4.65. The molecule has 0 fully saturated rings. The molecule has 3 N–H and O–H groups in total. The van der Waals surface area contributed by atoms with Crippen LogP contribution in [-0.4, -0.2) is 18.1 Å². The molecule has 0 aliphatic carbocycles. The third kappa shape index (κ3) is 3.64. The van der Waals surface area contributed by atoms with Crippen LogP contribution in [0.4, 0.5) is 10.1 Å². The lowest BCUT2D eigenvalue weighted by Crippen LogP contribution is -2.18. The van der Waals surface area contributed by atoms with Gasteiger partial charge in [0.15, 0.2) is 5.84 Å². The maximum Gasteiger partial charge on any atom is 0.170 e. The number of hydrogen-bond acceptors (Lipinski definition) is 3. The van der Waals surface area contributed by atoms with E-state index in [1.165, 1.54) is 12.1 Å². The summed E-state index contributed by atoms with van der Waals surface area (Å²) in [6, 6.07) is 12.0. The Labute approximate surface area is 127 Å². The first-order chi connectivity index (χ1) is 10.0. The van der Waals surface area contributed by atoms with Crippen molar-refractivity contribution in [2.24, 2.45) is 10.9 Å². The number of nitrogens with two attached hydrogens (primary N) is 1. The van der Waals surface area contributed by atoms with E-state index in [-0.39, 0.29) is 10.9 Å². The van der Waals surface area contributed by atoms with Crippen molar-refractivity contribution in [1.82, 2.24) is 0 Å². The van der Waals surface area contributed by atoms with Crippen LogP contribution in [0.5, 0.6) is 0 Å². The maximum absolute atomic E-state index is 13.4. The number of anilines is 1. The van der Waals surface area contributed by atoms with Crippen LogP contribution in [-0.2, 0) is 6.54 Å². The van der Waals surface area contributed by atoms with Crippen molar-refractivity contribution >= 4 is 23.1 Å². The topological polar surface area (TPSA) is 61.8 Å². The second-order valence-electron chi connectivity index (χ2n) is 4.64. The van der Waals surface area contributed by atoms with E-state index in [1.54, 1.807) is 18.2 Å². The van der Waals surface area contributed by atoms with Crippen molar-refractivity contribution in [2.75, 3.05) is 11.9 Å². The highest BCUT2D eigenvalue weighted by Gasteiger charge is 2.07. The van der Waals surface area contributed by atoms with Gasteiger partial charge in [0.2, 0.25) is 0 Å². The highest BCUT2D eigenvalue weighted by molar-refractivity contribution is 6.30. The SMILES string of the molecule is CN(Cc1ccc(Cl)c(F)c1)c1cccc(/C(N)=N/O)c1. The molecular formula is C15H15ClFN3O. The van der Waals surface area contributed by atoms with Gasteiger partial charge in [-0.1, -0.05) is 35.0 Å². The summed E-state index contributed by atoms with van der Waals surface area (Å²) < 4.78 is 13.4. The molecule has 110 valence electrons. The van der Waals surface area contributed by atoms with E-state index in [9.17, 15) is 4.39 Å². The molecule has 0 heterocycles. The van der Waals surface area contributed by atoms with Crippen LogP contribution in [0.15, 0.2) is 47.6 Å². The fourth-order valence-corrected chi connectivity index (χ4v) is 2.08. The number of halogens is 2. The Balaban J connectivity index is 2.20. The first kappa shape index (κ1) is 15.1. The van der Waals surface area contributed by atoms with Gasteiger partial charge >= 0.3 is 0 Å². The molecule has 6 heteroatoms. The van der Waals surface area contributed by atoms with Gasteiger partial charge in [-0.05, 0) is 29.8 Å². The third-order valence-electron chi connectivity index (χ3n) is 3.09. The van der Waals surface area contributed by atoms with Crippen molar-refractivity contribution in [2.45, 2.75) is 6.54 Å². The standard InChI is InChI=1S/C15H15ClFN3O/c1-20(9-10-5-6-13(16)14(17)7-10)12-4-2-3-11(8-12)15(18)19-21/h2-8,21H,9H2,1H3,(H2,18,19). The van der Waals surface area contributed by atoms with E-state index in [4.69, 9.17) is 22.5 Å². The number of hydrogen-bond donors (Lipinski definition) is 2. The Hall–Kier alpha value is -2.27. The fraction of sp³-hybridized carbons (Fsp3) is 0.133. The molecule has 0 atom stereocenters. The zero-order chi connectivity index (χ0) is 15.4. The smallest absolute Gasteiger partial charge is 0.170 e. The second kappa shape index (κ2) is 6.45. The molecule has 0 bridgehead atoms. The van der Waals surface area contributed by atoms with Crippen molar-refractivity contribution in [3.05, 3.63) is 64.4 Å². The minimum absolute atomic E-state index is 0.0442. The maximum atomic E-state index is 13.4. The van der Waals surface area contributed by atoms with Crippen LogP contribution in [0.2, 0.25) is 5.02 Å². The molecule has 21 heavy (non-hydrogen) atoms. The number of amidine groups is 1. The molecule has 0 unspecified atom stereocenters. The number of oxime groups is 1. The Morgan fingerprint density at radius 1 is 1.33 bits per heavy atom. The van der Waals surface area contributed by atoms with Crippen LogP contribution in [0.3, 0.4) is 0 Å². The van der Waals surface area contributed by atoms with Crippen LogP contribution in [0.1, 0.15) is 11.1 Å². The fourth-order valence-electron chi connectivity index (χ4n) is 1.96. The Bertz CT molecular complexity index is 676. The molecule has 0 saturated heterocycles. The molecule has 2 aromatic carbocycles. The van der Waals surface area contributed by atoms with E-state index >= 15 is 0 Å². The zero-order valence-electron chi connectivity index (χ0n) is 11.4. The predicted molar refractivity (Wildman–Crippen MR) is 82.5 cm³/mol. The van der Waals surface area contributed by atoms with Crippen LogP contribution >= 0.6 is 11.6 Å². The third-order valence-corrected chi connectivity index (χ3v) is 3.40. The predicted octanol–water partition coefficient (Wildman–Crippen LogP) is 3.21. The van der Waals surface area contributed by atoms with Gasteiger partial charge in [0, 0.05) is 24.8 Å². The van der Waals surface area contributed by atoms with Gasteiger partial charge in [0.25, 0.3) is 0 Å². The molecule has 0 aromatic heterocycles. The number of benzene rings is 2. The van der Waals surface area contributed by atoms with Crippen molar-refractivity contribution in [1.29, 1.82) is 0 Å². The molecule has 0 spiro atoms. The molecule has 0 aliphatic heterocycles. The first-order valence-electron chi connectivity index (χ1n) is 6.24. The summed E-state index contributed by atoms with van der Waals surface area (Å²) in [6.07, 6.45) is 0. The van der Waals surface area contributed by atoms with Gasteiger partial charge in [-0.25, -0.2) is 4.39 Å². The van der Waals surface area contributed by atoms with Gasteiger partial charge < -0.3 is 15.8 Å². The summed E-state index contributed by atoms with van der Waals surface area (Å²) >= 11 is 5.67. The molecule has 0 saturated carbocycles. The van der Waals surface area contributed by atoms with Gasteiger partial charge in [0.05, 0.1) is 5.02 Å². The quantitative estimate of drug-likeness (QED) is 0.394. The molecule has 0 amide bonds. The molecule has 0 radical (unpaired) electrons. The van der Waals surface area contributed by atoms with Crippen molar-refractivity contribution in [3.63, 3.8) is 0 Å². The van der Waals surface area contributed by atoms with Gasteiger partial charge in [-0.3, -0.25) is 0 Å². The first-order valence-corrected chi connectivity index (χ1v) is 6.62. The monoisotopic (exact) mass is 307 g/mol. The second-order valence-corrected chi connectivity index (χ2v) is 5.05. The average molecular weight is 308 g/mol. The van der Waals surface area contributed by atoms with Crippen LogP contribution in [0, 0.1) is 5.82 Å². The lowest BCUT2D eigenvalue weighted by atomic mass is 10.1. The van der Waals surface area contributed by atoms with E-state index in [2.05, 4.69) is 5.16 Å². The van der Waals surface area contributed by atoms with E-state index in [0.29, 0.717) is 12.1 Å².